The van der Waals surface area contributed by atoms with Crippen LogP contribution in [0.1, 0.15) is 13.8 Å². The molecule has 2 amide bonds. The summed E-state index contributed by atoms with van der Waals surface area (Å²) in [5.41, 5.74) is 0. The van der Waals surface area contributed by atoms with Gasteiger partial charge in [-0.05, 0) is 13.8 Å². The first kappa shape index (κ1) is 10.1. The number of imide groups is 1. The number of hydrogen-bond acceptors (Lipinski definition) is 4. The predicted octanol–water partition coefficient (Wildman–Crippen LogP) is -0.859. The summed E-state index contributed by atoms with van der Waals surface area (Å²) in [6.07, 6.45) is -0.717. The maximum absolute atomic E-state index is 11.2. The Hall–Kier alpha value is -0.940. The number of carbonyl (C=O) groups excluding carboxylic acids is 2. The molecule has 0 saturated carbocycles. The maximum Gasteiger partial charge on any atom is 0.255 e. The molecule has 0 aromatic heterocycles. The Kier molecular flexibility index (Phi) is 3.00. The zero-order chi connectivity index (χ0) is 10.0. The first-order valence-corrected chi connectivity index (χ1v) is 4.14. The van der Waals surface area contributed by atoms with Gasteiger partial charge in [0.1, 0.15) is 13.2 Å². The van der Waals surface area contributed by atoms with Crippen molar-refractivity contribution in [3.63, 3.8) is 0 Å². The van der Waals surface area contributed by atoms with Crippen LogP contribution in [0.5, 0.6) is 0 Å². The van der Waals surface area contributed by atoms with Crippen molar-refractivity contribution < 1.29 is 19.4 Å². The molecule has 1 rings (SSSR count). The van der Waals surface area contributed by atoms with E-state index in [2.05, 4.69) is 0 Å². The molecule has 5 nitrogen and oxygen atoms in total. The SMILES string of the molecule is CC(O)C(C)N1C(=O)COCC1=O. The highest BCUT2D eigenvalue weighted by Gasteiger charge is 2.32. The van der Waals surface area contributed by atoms with Crippen LogP contribution < -0.4 is 0 Å². The molecule has 1 fully saturated rings. The molecular formula is C8H13NO4. The van der Waals surface area contributed by atoms with E-state index in [9.17, 15) is 14.7 Å². The molecule has 0 bridgehead atoms. The molecule has 0 aromatic carbocycles. The van der Waals surface area contributed by atoms with E-state index in [4.69, 9.17) is 4.74 Å². The minimum absolute atomic E-state index is 0.0806. The van der Waals surface area contributed by atoms with Crippen LogP contribution >= 0.6 is 0 Å². The standard InChI is InChI=1S/C8H13NO4/c1-5(6(2)10)9-7(11)3-13-4-8(9)12/h5-6,10H,3-4H2,1-2H3. The fraction of sp³-hybridized carbons (Fsp3) is 0.750. The van der Waals surface area contributed by atoms with Crippen molar-refractivity contribution in [1.29, 1.82) is 0 Å². The molecular weight excluding hydrogens is 174 g/mol. The van der Waals surface area contributed by atoms with Gasteiger partial charge in [-0.15, -0.1) is 0 Å². The number of nitrogens with zero attached hydrogens (tertiary/aromatic N) is 1. The van der Waals surface area contributed by atoms with Gasteiger partial charge in [0.15, 0.2) is 0 Å². The van der Waals surface area contributed by atoms with Crippen LogP contribution in [-0.2, 0) is 14.3 Å². The van der Waals surface area contributed by atoms with Crippen LogP contribution in [0.15, 0.2) is 0 Å². The molecule has 0 radical (unpaired) electrons. The van der Waals surface area contributed by atoms with Crippen LogP contribution in [0.25, 0.3) is 0 Å². The second kappa shape index (κ2) is 3.85. The molecule has 0 spiro atoms. The molecule has 1 aliphatic heterocycles. The number of morpholine rings is 1. The second-order valence-electron chi connectivity index (χ2n) is 3.13. The molecule has 1 saturated heterocycles. The fourth-order valence-corrected chi connectivity index (χ4v) is 1.17. The molecule has 2 unspecified atom stereocenters. The van der Waals surface area contributed by atoms with Gasteiger partial charge in [0.2, 0.25) is 0 Å². The number of ether oxygens (including phenoxy) is 1. The van der Waals surface area contributed by atoms with Crippen molar-refractivity contribution in [3.05, 3.63) is 0 Å². The predicted molar refractivity (Wildman–Crippen MR) is 43.8 cm³/mol. The third-order valence-corrected chi connectivity index (χ3v) is 2.09. The highest BCUT2D eigenvalue weighted by molar-refractivity contribution is 5.98. The first-order valence-electron chi connectivity index (χ1n) is 4.14. The minimum Gasteiger partial charge on any atom is -0.391 e. The summed E-state index contributed by atoms with van der Waals surface area (Å²) in [6.45, 7) is 3.01. The van der Waals surface area contributed by atoms with Crippen molar-refractivity contribution in [3.8, 4) is 0 Å². The van der Waals surface area contributed by atoms with Gasteiger partial charge >= 0.3 is 0 Å². The van der Waals surface area contributed by atoms with Gasteiger partial charge in [-0.2, -0.15) is 0 Å². The van der Waals surface area contributed by atoms with E-state index in [1.807, 2.05) is 0 Å². The van der Waals surface area contributed by atoms with Crippen molar-refractivity contribution in [1.82, 2.24) is 4.90 Å². The van der Waals surface area contributed by atoms with E-state index in [-0.39, 0.29) is 25.0 Å². The summed E-state index contributed by atoms with van der Waals surface area (Å²) in [5, 5.41) is 9.22. The summed E-state index contributed by atoms with van der Waals surface area (Å²) >= 11 is 0. The minimum atomic E-state index is -0.717. The third kappa shape index (κ3) is 2.05. The Bertz CT molecular complexity index is 210. The Morgan fingerprint density at radius 1 is 1.31 bits per heavy atom. The number of amides is 2. The van der Waals surface area contributed by atoms with Crippen molar-refractivity contribution in [2.24, 2.45) is 0 Å². The second-order valence-corrected chi connectivity index (χ2v) is 3.13. The lowest BCUT2D eigenvalue weighted by atomic mass is 10.1. The van der Waals surface area contributed by atoms with E-state index in [0.29, 0.717) is 0 Å². The van der Waals surface area contributed by atoms with Gasteiger partial charge in [0, 0.05) is 0 Å². The fourth-order valence-electron chi connectivity index (χ4n) is 1.17. The smallest absolute Gasteiger partial charge is 0.255 e. The largest absolute Gasteiger partial charge is 0.391 e. The van der Waals surface area contributed by atoms with Crippen molar-refractivity contribution >= 4 is 11.8 Å². The maximum atomic E-state index is 11.2. The Morgan fingerprint density at radius 3 is 2.15 bits per heavy atom. The van der Waals surface area contributed by atoms with E-state index < -0.39 is 12.1 Å². The Labute approximate surface area is 76.3 Å². The summed E-state index contributed by atoms with van der Waals surface area (Å²) in [7, 11) is 0. The van der Waals surface area contributed by atoms with Gasteiger partial charge in [0.05, 0.1) is 12.1 Å². The summed E-state index contributed by atoms with van der Waals surface area (Å²) in [4.78, 5) is 23.5. The lowest BCUT2D eigenvalue weighted by Gasteiger charge is -2.31. The quantitative estimate of drug-likeness (QED) is 0.571. The molecule has 1 aliphatic rings. The number of hydrogen-bond donors (Lipinski definition) is 1. The van der Waals surface area contributed by atoms with Crippen molar-refractivity contribution in [2.45, 2.75) is 26.0 Å². The topological polar surface area (TPSA) is 66.8 Å². The van der Waals surface area contributed by atoms with E-state index in [1.54, 1.807) is 13.8 Å². The number of aliphatic hydroxyl groups excluding tert-OH is 1. The van der Waals surface area contributed by atoms with Crippen LogP contribution in [0, 0.1) is 0 Å². The van der Waals surface area contributed by atoms with Crippen LogP contribution in [0.4, 0.5) is 0 Å². The zero-order valence-corrected chi connectivity index (χ0v) is 7.69. The highest BCUT2D eigenvalue weighted by atomic mass is 16.5. The van der Waals surface area contributed by atoms with E-state index in [0.717, 1.165) is 4.90 Å². The summed E-state index contributed by atoms with van der Waals surface area (Å²) < 4.78 is 4.73. The number of carbonyl (C=O) groups is 2. The van der Waals surface area contributed by atoms with Gasteiger partial charge < -0.3 is 9.84 Å². The van der Waals surface area contributed by atoms with E-state index >= 15 is 0 Å². The Balaban J connectivity index is 2.74. The normalized spacial score (nSPS) is 23.2. The van der Waals surface area contributed by atoms with Crippen molar-refractivity contribution in [2.75, 3.05) is 13.2 Å². The average Bonchev–Trinajstić information content (AvgIpc) is 2.03. The van der Waals surface area contributed by atoms with Crippen LogP contribution in [-0.4, -0.2) is 47.2 Å². The van der Waals surface area contributed by atoms with Gasteiger partial charge in [-0.3, -0.25) is 14.5 Å². The lowest BCUT2D eigenvalue weighted by Crippen LogP contribution is -2.53. The molecule has 5 heteroatoms. The molecule has 1 N–H and O–H groups in total. The van der Waals surface area contributed by atoms with Gasteiger partial charge in [-0.25, -0.2) is 0 Å². The number of rotatable bonds is 2. The van der Waals surface area contributed by atoms with Crippen LogP contribution in [0.2, 0.25) is 0 Å². The van der Waals surface area contributed by atoms with E-state index in [1.165, 1.54) is 0 Å². The molecule has 2 atom stereocenters. The molecule has 1 heterocycles. The molecule has 0 aliphatic carbocycles. The molecule has 13 heavy (non-hydrogen) atoms. The van der Waals surface area contributed by atoms with Gasteiger partial charge in [0.25, 0.3) is 11.8 Å². The number of aliphatic hydroxyl groups is 1. The zero-order valence-electron chi connectivity index (χ0n) is 7.69. The monoisotopic (exact) mass is 187 g/mol. The van der Waals surface area contributed by atoms with Crippen LogP contribution in [0.3, 0.4) is 0 Å². The molecule has 74 valence electrons. The third-order valence-electron chi connectivity index (χ3n) is 2.09. The molecule has 0 aromatic rings. The summed E-state index contributed by atoms with van der Waals surface area (Å²) in [5.74, 6) is -0.769. The van der Waals surface area contributed by atoms with Gasteiger partial charge in [-0.1, -0.05) is 0 Å². The first-order chi connectivity index (χ1) is 6.04. The average molecular weight is 187 g/mol. The summed E-state index contributed by atoms with van der Waals surface area (Å²) in [6, 6.07) is -0.483. The highest BCUT2D eigenvalue weighted by Crippen LogP contribution is 2.09. The Morgan fingerprint density at radius 2 is 1.77 bits per heavy atom. The lowest BCUT2D eigenvalue weighted by molar-refractivity contribution is -0.163.